The molecule has 0 bridgehead atoms. The summed E-state index contributed by atoms with van der Waals surface area (Å²) in [6.07, 6.45) is 7.95. The highest BCUT2D eigenvalue weighted by molar-refractivity contribution is 5.91. The van der Waals surface area contributed by atoms with E-state index in [4.69, 9.17) is 14.5 Å². The number of esters is 1. The predicted molar refractivity (Wildman–Crippen MR) is 136 cm³/mol. The van der Waals surface area contributed by atoms with Gasteiger partial charge in [-0.05, 0) is 55.3 Å². The summed E-state index contributed by atoms with van der Waals surface area (Å²) >= 11 is 0. The number of fused-ring (bicyclic) bond motifs is 1. The molecular weight excluding hydrogens is 460 g/mol. The number of carbonyl (C=O) groups excluding carboxylic acids is 1. The number of aromatic nitrogens is 2. The van der Waals surface area contributed by atoms with Crippen molar-refractivity contribution in [3.8, 4) is 22.8 Å². The molecule has 0 saturated heterocycles. The summed E-state index contributed by atoms with van der Waals surface area (Å²) in [7, 11) is 1.51. The Morgan fingerprint density at radius 2 is 1.83 bits per heavy atom. The molecule has 2 aromatic carbocycles. The van der Waals surface area contributed by atoms with Crippen LogP contribution in [0.15, 0.2) is 66.9 Å². The average Bonchev–Trinajstić information content (AvgIpc) is 3.27. The Morgan fingerprint density at radius 3 is 2.56 bits per heavy atom. The molecule has 0 unspecified atom stereocenters. The summed E-state index contributed by atoms with van der Waals surface area (Å²) in [5.74, 6) is 0.914. The topological polar surface area (TPSA) is 108 Å². The van der Waals surface area contributed by atoms with E-state index < -0.39 is 10.9 Å². The summed E-state index contributed by atoms with van der Waals surface area (Å²) in [5, 5.41) is 14.6. The molecular formula is C27H26N4O5. The molecule has 0 aliphatic heterocycles. The molecule has 1 saturated carbocycles. The number of anilines is 1. The predicted octanol–water partition coefficient (Wildman–Crippen LogP) is 5.88. The number of nitro groups is 1. The van der Waals surface area contributed by atoms with Crippen molar-refractivity contribution >= 4 is 23.1 Å². The van der Waals surface area contributed by atoms with Crippen molar-refractivity contribution in [2.24, 2.45) is 0 Å². The van der Waals surface area contributed by atoms with Gasteiger partial charge in [-0.2, -0.15) is 0 Å². The van der Waals surface area contributed by atoms with Crippen LogP contribution in [0.5, 0.6) is 11.5 Å². The zero-order chi connectivity index (χ0) is 25.1. The van der Waals surface area contributed by atoms with E-state index in [0.717, 1.165) is 35.6 Å². The molecule has 9 heteroatoms. The van der Waals surface area contributed by atoms with Crippen LogP contribution in [-0.2, 0) is 0 Å². The number of nitrogens with one attached hydrogen (secondary N) is 1. The monoisotopic (exact) mass is 486 g/mol. The number of hydrogen-bond donors (Lipinski definition) is 1. The number of hydrogen-bond acceptors (Lipinski definition) is 7. The Kier molecular flexibility index (Phi) is 6.53. The Morgan fingerprint density at radius 1 is 1.06 bits per heavy atom. The number of non-ortho nitro benzene ring substituents is 1. The molecule has 1 fully saturated rings. The van der Waals surface area contributed by atoms with Gasteiger partial charge < -0.3 is 14.8 Å². The summed E-state index contributed by atoms with van der Waals surface area (Å²) in [6, 6.07) is 16.9. The number of ether oxygens (including phenoxy) is 2. The molecule has 36 heavy (non-hydrogen) atoms. The Labute approximate surface area is 207 Å². The van der Waals surface area contributed by atoms with Crippen molar-refractivity contribution < 1.29 is 19.2 Å². The van der Waals surface area contributed by atoms with Crippen LogP contribution in [0.25, 0.3) is 16.9 Å². The standard InChI is InChI=1S/C27H26N4O5/c1-35-23-17-19(12-15-22(23)36-27(32)18-10-13-21(14-11-18)31(33)34)25-26(28-20-7-3-2-4-8-20)30-16-6-5-9-24(30)29-25/h5-6,9-17,20,28H,2-4,7-8H2,1H3. The lowest BCUT2D eigenvalue weighted by Gasteiger charge is -2.24. The van der Waals surface area contributed by atoms with Gasteiger partial charge in [0.25, 0.3) is 5.69 Å². The van der Waals surface area contributed by atoms with Crippen LogP contribution in [0.3, 0.4) is 0 Å². The van der Waals surface area contributed by atoms with E-state index >= 15 is 0 Å². The van der Waals surface area contributed by atoms with Crippen molar-refractivity contribution in [1.29, 1.82) is 0 Å². The first kappa shape index (κ1) is 23.3. The maximum absolute atomic E-state index is 12.6. The Bertz CT molecular complexity index is 1410. The van der Waals surface area contributed by atoms with Crippen molar-refractivity contribution in [3.63, 3.8) is 0 Å². The zero-order valence-electron chi connectivity index (χ0n) is 19.8. The fourth-order valence-electron chi connectivity index (χ4n) is 4.55. The third-order valence-electron chi connectivity index (χ3n) is 6.43. The fraction of sp³-hybridized carbons (Fsp3) is 0.259. The summed E-state index contributed by atoms with van der Waals surface area (Å²) in [6.45, 7) is 0. The van der Waals surface area contributed by atoms with E-state index in [-0.39, 0.29) is 17.0 Å². The number of pyridine rings is 1. The normalized spacial score (nSPS) is 13.9. The first-order chi connectivity index (χ1) is 17.5. The van der Waals surface area contributed by atoms with Crippen molar-refractivity contribution in [2.45, 2.75) is 38.1 Å². The minimum absolute atomic E-state index is 0.0985. The van der Waals surface area contributed by atoms with Gasteiger partial charge in [-0.25, -0.2) is 9.78 Å². The van der Waals surface area contributed by atoms with E-state index in [0.29, 0.717) is 11.8 Å². The van der Waals surface area contributed by atoms with Gasteiger partial charge in [-0.1, -0.05) is 25.3 Å². The van der Waals surface area contributed by atoms with Gasteiger partial charge in [0.1, 0.15) is 17.2 Å². The number of rotatable bonds is 7. The number of methoxy groups -OCH3 is 1. The lowest BCUT2D eigenvalue weighted by atomic mass is 9.95. The second-order valence-corrected chi connectivity index (χ2v) is 8.78. The van der Waals surface area contributed by atoms with Gasteiger partial charge in [-0.3, -0.25) is 14.5 Å². The van der Waals surface area contributed by atoms with Crippen LogP contribution in [-0.4, -0.2) is 33.4 Å². The molecule has 0 amide bonds. The molecule has 0 atom stereocenters. The van der Waals surface area contributed by atoms with E-state index in [1.54, 1.807) is 12.1 Å². The van der Waals surface area contributed by atoms with Gasteiger partial charge in [0.2, 0.25) is 0 Å². The second kappa shape index (κ2) is 10.1. The maximum Gasteiger partial charge on any atom is 0.343 e. The summed E-state index contributed by atoms with van der Waals surface area (Å²) < 4.78 is 13.1. The molecule has 4 aromatic rings. The van der Waals surface area contributed by atoms with Crippen LogP contribution in [0.4, 0.5) is 11.5 Å². The van der Waals surface area contributed by atoms with E-state index in [1.807, 2.05) is 30.5 Å². The maximum atomic E-state index is 12.6. The SMILES string of the molecule is COc1cc(-c2nc3ccccn3c2NC2CCCCC2)ccc1OC(=O)c1ccc([N+](=O)[O-])cc1. The first-order valence-electron chi connectivity index (χ1n) is 11.9. The van der Waals surface area contributed by atoms with E-state index in [9.17, 15) is 14.9 Å². The first-order valence-corrected chi connectivity index (χ1v) is 11.9. The van der Waals surface area contributed by atoms with Crippen LogP contribution >= 0.6 is 0 Å². The van der Waals surface area contributed by atoms with Crippen molar-refractivity contribution in [2.75, 3.05) is 12.4 Å². The van der Waals surface area contributed by atoms with Crippen molar-refractivity contribution in [1.82, 2.24) is 9.38 Å². The van der Waals surface area contributed by atoms with Crippen LogP contribution in [0.1, 0.15) is 42.5 Å². The number of imidazole rings is 1. The highest BCUT2D eigenvalue weighted by Crippen LogP contribution is 2.37. The van der Waals surface area contributed by atoms with Crippen LogP contribution < -0.4 is 14.8 Å². The molecule has 5 rings (SSSR count). The molecule has 1 aliphatic carbocycles. The molecule has 0 radical (unpaired) electrons. The number of carbonyl (C=O) groups is 1. The molecule has 1 aliphatic rings. The average molecular weight is 487 g/mol. The Balaban J connectivity index is 1.44. The number of nitrogens with zero attached hydrogens (tertiary/aromatic N) is 3. The van der Waals surface area contributed by atoms with Crippen molar-refractivity contribution in [3.05, 3.63) is 82.5 Å². The highest BCUT2D eigenvalue weighted by atomic mass is 16.6. The second-order valence-electron chi connectivity index (χ2n) is 8.78. The third-order valence-corrected chi connectivity index (χ3v) is 6.43. The van der Waals surface area contributed by atoms with Gasteiger partial charge in [0.15, 0.2) is 11.5 Å². The molecule has 1 N–H and O–H groups in total. The lowest BCUT2D eigenvalue weighted by Crippen LogP contribution is -2.23. The summed E-state index contributed by atoms with van der Waals surface area (Å²) in [4.78, 5) is 27.8. The van der Waals surface area contributed by atoms with E-state index in [1.165, 1.54) is 50.6 Å². The Hall–Kier alpha value is -4.40. The smallest absolute Gasteiger partial charge is 0.343 e. The quantitative estimate of drug-likeness (QED) is 0.150. The fourth-order valence-corrected chi connectivity index (χ4v) is 4.55. The minimum atomic E-state index is -0.636. The number of nitro benzene ring substituents is 1. The van der Waals surface area contributed by atoms with Gasteiger partial charge in [0, 0.05) is 29.9 Å². The lowest BCUT2D eigenvalue weighted by molar-refractivity contribution is -0.384. The van der Waals surface area contributed by atoms with Gasteiger partial charge in [0.05, 0.1) is 17.6 Å². The highest BCUT2D eigenvalue weighted by Gasteiger charge is 2.21. The molecule has 2 aromatic heterocycles. The molecule has 184 valence electrons. The number of benzene rings is 2. The van der Waals surface area contributed by atoms with Crippen LogP contribution in [0, 0.1) is 10.1 Å². The minimum Gasteiger partial charge on any atom is -0.493 e. The molecule has 2 heterocycles. The molecule has 9 nitrogen and oxygen atoms in total. The third kappa shape index (κ3) is 4.72. The molecule has 0 spiro atoms. The van der Waals surface area contributed by atoms with Crippen LogP contribution in [0.2, 0.25) is 0 Å². The zero-order valence-corrected chi connectivity index (χ0v) is 19.8. The van der Waals surface area contributed by atoms with Gasteiger partial charge >= 0.3 is 5.97 Å². The summed E-state index contributed by atoms with van der Waals surface area (Å²) in [5.41, 5.74) is 2.55. The van der Waals surface area contributed by atoms with E-state index in [2.05, 4.69) is 9.72 Å². The largest absolute Gasteiger partial charge is 0.493 e. The van der Waals surface area contributed by atoms with Gasteiger partial charge in [-0.15, -0.1) is 0 Å².